The van der Waals surface area contributed by atoms with Crippen molar-refractivity contribution < 1.29 is 0 Å². The fraction of sp³-hybridized carbons (Fsp3) is 0.308. The van der Waals surface area contributed by atoms with Crippen molar-refractivity contribution in [2.24, 2.45) is 0 Å². The smallest absolute Gasteiger partial charge is 0.0934 e. The summed E-state index contributed by atoms with van der Waals surface area (Å²) in [5.41, 5.74) is 2.08. The molecule has 2 aromatic rings. The number of benzene rings is 1. The Morgan fingerprint density at radius 2 is 2.19 bits per heavy atom. The normalized spacial score (nSPS) is 16.1. The van der Waals surface area contributed by atoms with E-state index in [0.717, 1.165) is 21.6 Å². The molecular formula is C13H13ClN2. The number of hydrogen-bond donors (Lipinski definition) is 1. The van der Waals surface area contributed by atoms with Crippen LogP contribution in [0.25, 0.3) is 10.9 Å². The van der Waals surface area contributed by atoms with Gasteiger partial charge in [-0.15, -0.1) is 0 Å². The SMILES string of the molecule is Clc1cc(NC2CCC2)c2ncccc2c1. The van der Waals surface area contributed by atoms with E-state index in [2.05, 4.69) is 10.3 Å². The van der Waals surface area contributed by atoms with Gasteiger partial charge in [-0.2, -0.15) is 0 Å². The number of pyridine rings is 1. The highest BCUT2D eigenvalue weighted by Gasteiger charge is 2.18. The Morgan fingerprint density at radius 3 is 2.94 bits per heavy atom. The second-order valence-corrected chi connectivity index (χ2v) is 4.74. The van der Waals surface area contributed by atoms with Crippen molar-refractivity contribution in [3.63, 3.8) is 0 Å². The molecule has 1 aliphatic rings. The van der Waals surface area contributed by atoms with Crippen LogP contribution in [0.4, 0.5) is 5.69 Å². The molecule has 82 valence electrons. The van der Waals surface area contributed by atoms with Gasteiger partial charge in [-0.05, 0) is 37.5 Å². The van der Waals surface area contributed by atoms with Gasteiger partial charge in [0.2, 0.25) is 0 Å². The van der Waals surface area contributed by atoms with Crippen LogP contribution in [0.3, 0.4) is 0 Å². The van der Waals surface area contributed by atoms with Crippen molar-refractivity contribution in [2.75, 3.05) is 5.32 Å². The standard InChI is InChI=1S/C13H13ClN2/c14-10-7-9-3-2-6-15-13(9)12(8-10)16-11-4-1-5-11/h2-3,6-8,11,16H,1,4-5H2. The molecule has 1 heterocycles. The van der Waals surface area contributed by atoms with Crippen LogP contribution in [-0.2, 0) is 0 Å². The highest BCUT2D eigenvalue weighted by Crippen LogP contribution is 2.30. The molecule has 3 rings (SSSR count). The first-order valence-corrected chi connectivity index (χ1v) is 6.01. The topological polar surface area (TPSA) is 24.9 Å². The number of halogens is 1. The van der Waals surface area contributed by atoms with Crippen molar-refractivity contribution in [3.05, 3.63) is 35.5 Å². The van der Waals surface area contributed by atoms with E-state index in [0.29, 0.717) is 6.04 Å². The van der Waals surface area contributed by atoms with E-state index >= 15 is 0 Å². The second-order valence-electron chi connectivity index (χ2n) is 4.30. The number of anilines is 1. The molecule has 1 fully saturated rings. The fourth-order valence-corrected chi connectivity index (χ4v) is 2.26. The van der Waals surface area contributed by atoms with E-state index < -0.39 is 0 Å². The minimum atomic E-state index is 0.601. The zero-order valence-electron chi connectivity index (χ0n) is 8.91. The quantitative estimate of drug-likeness (QED) is 0.851. The molecule has 0 atom stereocenters. The van der Waals surface area contributed by atoms with Crippen LogP contribution in [0.15, 0.2) is 30.5 Å². The van der Waals surface area contributed by atoms with Crippen LogP contribution >= 0.6 is 11.6 Å². The molecule has 2 nitrogen and oxygen atoms in total. The van der Waals surface area contributed by atoms with Gasteiger partial charge in [0.1, 0.15) is 0 Å². The summed E-state index contributed by atoms with van der Waals surface area (Å²) >= 11 is 6.10. The minimum absolute atomic E-state index is 0.601. The van der Waals surface area contributed by atoms with E-state index in [1.165, 1.54) is 19.3 Å². The zero-order chi connectivity index (χ0) is 11.0. The van der Waals surface area contributed by atoms with Gasteiger partial charge in [0.25, 0.3) is 0 Å². The van der Waals surface area contributed by atoms with Gasteiger partial charge in [-0.1, -0.05) is 17.7 Å². The summed E-state index contributed by atoms with van der Waals surface area (Å²) in [7, 11) is 0. The van der Waals surface area contributed by atoms with Gasteiger partial charge in [-0.3, -0.25) is 4.98 Å². The van der Waals surface area contributed by atoms with Gasteiger partial charge in [0.05, 0.1) is 11.2 Å². The van der Waals surface area contributed by atoms with E-state index in [4.69, 9.17) is 11.6 Å². The Kier molecular flexibility index (Phi) is 2.44. The molecule has 0 unspecified atom stereocenters. The third-order valence-electron chi connectivity index (χ3n) is 3.13. The van der Waals surface area contributed by atoms with Crippen LogP contribution in [0, 0.1) is 0 Å². The molecule has 0 radical (unpaired) electrons. The largest absolute Gasteiger partial charge is 0.381 e. The molecular weight excluding hydrogens is 220 g/mol. The highest BCUT2D eigenvalue weighted by atomic mass is 35.5. The predicted octanol–water partition coefficient (Wildman–Crippen LogP) is 3.85. The van der Waals surface area contributed by atoms with Gasteiger partial charge in [-0.25, -0.2) is 0 Å². The summed E-state index contributed by atoms with van der Waals surface area (Å²) in [6, 6.07) is 8.50. The van der Waals surface area contributed by atoms with Gasteiger partial charge in [0, 0.05) is 22.6 Å². The Morgan fingerprint density at radius 1 is 1.31 bits per heavy atom. The Balaban J connectivity index is 2.06. The third-order valence-corrected chi connectivity index (χ3v) is 3.35. The van der Waals surface area contributed by atoms with Gasteiger partial charge < -0.3 is 5.32 Å². The first-order chi connectivity index (χ1) is 7.83. The van der Waals surface area contributed by atoms with Crippen molar-refractivity contribution in [3.8, 4) is 0 Å². The molecule has 0 spiro atoms. The molecule has 1 saturated carbocycles. The van der Waals surface area contributed by atoms with Gasteiger partial charge in [0.15, 0.2) is 0 Å². The lowest BCUT2D eigenvalue weighted by Gasteiger charge is -2.28. The first-order valence-electron chi connectivity index (χ1n) is 5.64. The molecule has 1 aliphatic carbocycles. The maximum Gasteiger partial charge on any atom is 0.0934 e. The molecule has 1 aromatic heterocycles. The number of aromatic nitrogens is 1. The number of fused-ring (bicyclic) bond motifs is 1. The Bertz CT molecular complexity index is 520. The molecule has 3 heteroatoms. The molecule has 0 saturated heterocycles. The van der Waals surface area contributed by atoms with Crippen molar-refractivity contribution in [1.82, 2.24) is 4.98 Å². The molecule has 0 aliphatic heterocycles. The van der Waals surface area contributed by atoms with Crippen molar-refractivity contribution in [2.45, 2.75) is 25.3 Å². The van der Waals surface area contributed by atoms with Crippen LogP contribution in [0.1, 0.15) is 19.3 Å². The summed E-state index contributed by atoms with van der Waals surface area (Å²) in [4.78, 5) is 4.41. The Labute approximate surface area is 99.6 Å². The fourth-order valence-electron chi connectivity index (χ4n) is 2.04. The van der Waals surface area contributed by atoms with Gasteiger partial charge >= 0.3 is 0 Å². The van der Waals surface area contributed by atoms with E-state index in [1.54, 1.807) is 0 Å². The molecule has 1 N–H and O–H groups in total. The van der Waals surface area contributed by atoms with E-state index in [-0.39, 0.29) is 0 Å². The summed E-state index contributed by atoms with van der Waals surface area (Å²) in [6.07, 6.45) is 5.65. The van der Waals surface area contributed by atoms with E-state index in [1.807, 2.05) is 30.5 Å². The van der Waals surface area contributed by atoms with Crippen molar-refractivity contribution >= 4 is 28.2 Å². The number of nitrogens with zero attached hydrogens (tertiary/aromatic N) is 1. The summed E-state index contributed by atoms with van der Waals surface area (Å²) in [5, 5.41) is 5.38. The maximum atomic E-state index is 6.10. The lowest BCUT2D eigenvalue weighted by Crippen LogP contribution is -2.27. The maximum absolute atomic E-state index is 6.10. The monoisotopic (exact) mass is 232 g/mol. The number of rotatable bonds is 2. The molecule has 0 bridgehead atoms. The van der Waals surface area contributed by atoms with Crippen LogP contribution in [0.2, 0.25) is 5.02 Å². The van der Waals surface area contributed by atoms with E-state index in [9.17, 15) is 0 Å². The third kappa shape index (κ3) is 1.74. The highest BCUT2D eigenvalue weighted by molar-refractivity contribution is 6.31. The zero-order valence-corrected chi connectivity index (χ0v) is 9.67. The average molecular weight is 233 g/mol. The van der Waals surface area contributed by atoms with Crippen LogP contribution in [0.5, 0.6) is 0 Å². The minimum Gasteiger partial charge on any atom is -0.381 e. The van der Waals surface area contributed by atoms with Crippen LogP contribution < -0.4 is 5.32 Å². The first kappa shape index (κ1) is 9.91. The summed E-state index contributed by atoms with van der Waals surface area (Å²) < 4.78 is 0. The molecule has 0 amide bonds. The lowest BCUT2D eigenvalue weighted by molar-refractivity contribution is 0.446. The lowest BCUT2D eigenvalue weighted by atomic mass is 9.93. The average Bonchev–Trinajstić information content (AvgIpc) is 2.23. The molecule has 1 aromatic carbocycles. The number of hydrogen-bond acceptors (Lipinski definition) is 2. The number of nitrogens with one attached hydrogen (secondary N) is 1. The summed E-state index contributed by atoms with van der Waals surface area (Å²) in [5.74, 6) is 0. The second kappa shape index (κ2) is 3.95. The van der Waals surface area contributed by atoms with Crippen LogP contribution in [-0.4, -0.2) is 11.0 Å². The molecule has 16 heavy (non-hydrogen) atoms. The Hall–Kier alpha value is -1.28. The predicted molar refractivity (Wildman–Crippen MR) is 68.0 cm³/mol. The summed E-state index contributed by atoms with van der Waals surface area (Å²) in [6.45, 7) is 0. The van der Waals surface area contributed by atoms with Crippen molar-refractivity contribution in [1.29, 1.82) is 0 Å².